The molecule has 1 N–H and O–H groups in total. The van der Waals surface area contributed by atoms with Crippen LogP contribution in [0.15, 0.2) is 47.0 Å². The summed E-state index contributed by atoms with van der Waals surface area (Å²) in [6, 6.07) is 7.86. The van der Waals surface area contributed by atoms with E-state index in [-0.39, 0.29) is 24.0 Å². The molecule has 0 saturated heterocycles. The maximum atomic E-state index is 13.5. The predicted molar refractivity (Wildman–Crippen MR) is 83.8 cm³/mol. The molecule has 0 spiro atoms. The highest BCUT2D eigenvalue weighted by atomic mass is 19.1. The number of nitrogens with one attached hydrogen (secondary N) is 1. The molecule has 130 valence electrons. The Labute approximate surface area is 142 Å². The number of carbonyl (C=O) groups is 1. The van der Waals surface area contributed by atoms with Crippen LogP contribution in [0.3, 0.4) is 0 Å². The van der Waals surface area contributed by atoms with Gasteiger partial charge in [0.05, 0.1) is 12.2 Å². The summed E-state index contributed by atoms with van der Waals surface area (Å²) in [5.41, 5.74) is 0.843. The molecule has 8 heteroatoms. The van der Waals surface area contributed by atoms with Crippen LogP contribution in [0.2, 0.25) is 0 Å². The van der Waals surface area contributed by atoms with Crippen LogP contribution in [0.5, 0.6) is 5.75 Å². The van der Waals surface area contributed by atoms with Crippen LogP contribution in [0.4, 0.5) is 8.78 Å². The predicted octanol–water partition coefficient (Wildman–Crippen LogP) is 2.80. The summed E-state index contributed by atoms with van der Waals surface area (Å²) in [5, 5.41) is 6.72. The molecule has 0 radical (unpaired) electrons. The molecule has 1 aromatic carbocycles. The lowest BCUT2D eigenvalue weighted by Crippen LogP contribution is -2.23. The van der Waals surface area contributed by atoms with Gasteiger partial charge in [-0.3, -0.25) is 9.48 Å². The van der Waals surface area contributed by atoms with Gasteiger partial charge < -0.3 is 14.5 Å². The van der Waals surface area contributed by atoms with Crippen molar-refractivity contribution in [2.45, 2.75) is 13.2 Å². The zero-order chi connectivity index (χ0) is 17.8. The van der Waals surface area contributed by atoms with Crippen LogP contribution in [-0.4, -0.2) is 15.7 Å². The fraction of sp³-hybridized carbons (Fsp3) is 0.176. The number of rotatable bonds is 6. The van der Waals surface area contributed by atoms with Crippen LogP contribution in [0.1, 0.15) is 22.0 Å². The highest BCUT2D eigenvalue weighted by Crippen LogP contribution is 2.19. The molecule has 3 rings (SSSR count). The number of aryl methyl sites for hydroxylation is 1. The Bertz CT molecular complexity index is 889. The van der Waals surface area contributed by atoms with Crippen LogP contribution in [0, 0.1) is 11.6 Å². The van der Waals surface area contributed by atoms with Crippen molar-refractivity contribution in [3.05, 3.63) is 71.4 Å². The Morgan fingerprint density at radius 2 is 2.12 bits per heavy atom. The van der Waals surface area contributed by atoms with E-state index in [2.05, 4.69) is 10.4 Å². The summed E-state index contributed by atoms with van der Waals surface area (Å²) in [7, 11) is 1.78. The van der Waals surface area contributed by atoms with Gasteiger partial charge >= 0.3 is 0 Å². The molecule has 2 heterocycles. The quantitative estimate of drug-likeness (QED) is 0.744. The number of amides is 1. The highest BCUT2D eigenvalue weighted by molar-refractivity contribution is 5.91. The van der Waals surface area contributed by atoms with Crippen LogP contribution < -0.4 is 10.1 Å². The molecule has 0 fully saturated rings. The monoisotopic (exact) mass is 347 g/mol. The van der Waals surface area contributed by atoms with Crippen LogP contribution in [0.25, 0.3) is 0 Å². The van der Waals surface area contributed by atoms with Crippen molar-refractivity contribution in [3.8, 4) is 5.75 Å². The van der Waals surface area contributed by atoms with Crippen molar-refractivity contribution < 1.29 is 22.7 Å². The number of hydrogen-bond acceptors (Lipinski definition) is 4. The van der Waals surface area contributed by atoms with E-state index >= 15 is 0 Å². The normalized spacial score (nSPS) is 10.7. The Hall–Kier alpha value is -3.16. The van der Waals surface area contributed by atoms with E-state index in [0.717, 1.165) is 17.8 Å². The molecule has 3 aromatic rings. The van der Waals surface area contributed by atoms with E-state index in [0.29, 0.717) is 12.3 Å². The Morgan fingerprint density at radius 1 is 1.28 bits per heavy atom. The zero-order valence-electron chi connectivity index (χ0n) is 13.3. The number of halogens is 2. The lowest BCUT2D eigenvalue weighted by atomic mass is 10.3. The molecule has 2 aromatic heterocycles. The third-order valence-corrected chi connectivity index (χ3v) is 3.50. The lowest BCUT2D eigenvalue weighted by molar-refractivity contribution is 0.0918. The maximum Gasteiger partial charge on any atom is 0.287 e. The third kappa shape index (κ3) is 4.03. The first-order valence-electron chi connectivity index (χ1n) is 7.44. The Balaban J connectivity index is 1.56. The lowest BCUT2D eigenvalue weighted by Gasteiger charge is -2.05. The molecule has 0 aliphatic heterocycles. The van der Waals surface area contributed by atoms with Crippen molar-refractivity contribution in [1.29, 1.82) is 0 Å². The first kappa shape index (κ1) is 16.7. The molecule has 0 saturated carbocycles. The minimum atomic E-state index is -0.805. The smallest absolute Gasteiger partial charge is 0.287 e. The van der Waals surface area contributed by atoms with E-state index in [4.69, 9.17) is 9.15 Å². The molecule has 25 heavy (non-hydrogen) atoms. The van der Waals surface area contributed by atoms with Gasteiger partial charge in [0.25, 0.3) is 5.91 Å². The molecule has 0 aliphatic carbocycles. The van der Waals surface area contributed by atoms with Crippen molar-refractivity contribution in [1.82, 2.24) is 15.1 Å². The average molecular weight is 347 g/mol. The Morgan fingerprint density at radius 3 is 2.84 bits per heavy atom. The maximum absolute atomic E-state index is 13.5. The number of ether oxygens (including phenoxy) is 1. The van der Waals surface area contributed by atoms with E-state index in [1.807, 2.05) is 0 Å². The van der Waals surface area contributed by atoms with Gasteiger partial charge in [0.15, 0.2) is 17.3 Å². The number of nitrogens with zero attached hydrogens (tertiary/aromatic N) is 2. The molecular formula is C17H15F2N3O3. The minimum absolute atomic E-state index is 0.0858. The largest absolute Gasteiger partial charge is 0.483 e. The number of aromatic nitrogens is 2. The second kappa shape index (κ2) is 7.16. The second-order valence-corrected chi connectivity index (χ2v) is 5.26. The standard InChI is InChI=1S/C17H15F2N3O3/c1-22-12(6-7-21-22)9-20-17(23)16-5-3-13(25-16)10-24-15-4-2-11(18)8-14(15)19/h2-8H,9-10H2,1H3,(H,20,23). The van der Waals surface area contributed by atoms with E-state index in [1.54, 1.807) is 30.1 Å². The van der Waals surface area contributed by atoms with E-state index in [9.17, 15) is 13.6 Å². The number of carbonyl (C=O) groups excluding carboxylic acids is 1. The number of hydrogen-bond donors (Lipinski definition) is 1. The summed E-state index contributed by atoms with van der Waals surface area (Å²) in [4.78, 5) is 12.1. The van der Waals surface area contributed by atoms with Gasteiger partial charge in [0.2, 0.25) is 0 Å². The molecule has 0 unspecified atom stereocenters. The van der Waals surface area contributed by atoms with Crippen molar-refractivity contribution in [3.63, 3.8) is 0 Å². The van der Waals surface area contributed by atoms with Crippen molar-refractivity contribution in [2.24, 2.45) is 7.05 Å². The topological polar surface area (TPSA) is 69.3 Å². The number of benzene rings is 1. The van der Waals surface area contributed by atoms with Gasteiger partial charge in [-0.05, 0) is 30.3 Å². The minimum Gasteiger partial charge on any atom is -0.483 e. The number of furan rings is 1. The molecule has 0 bridgehead atoms. The summed E-state index contributed by atoms with van der Waals surface area (Å²) in [6.07, 6.45) is 1.64. The van der Waals surface area contributed by atoms with E-state index in [1.165, 1.54) is 12.1 Å². The van der Waals surface area contributed by atoms with Crippen molar-refractivity contribution >= 4 is 5.91 Å². The third-order valence-electron chi connectivity index (χ3n) is 3.50. The molecule has 0 atom stereocenters. The highest BCUT2D eigenvalue weighted by Gasteiger charge is 2.13. The van der Waals surface area contributed by atoms with Gasteiger partial charge in [-0.2, -0.15) is 5.10 Å². The summed E-state index contributed by atoms with van der Waals surface area (Å²) in [6.45, 7) is 0.222. The SMILES string of the molecule is Cn1nccc1CNC(=O)c1ccc(COc2ccc(F)cc2F)o1. The van der Waals surface area contributed by atoms with Crippen LogP contribution in [-0.2, 0) is 20.2 Å². The summed E-state index contributed by atoms with van der Waals surface area (Å²) < 4.78 is 38.6. The molecule has 0 aliphatic rings. The van der Waals surface area contributed by atoms with E-state index < -0.39 is 11.6 Å². The van der Waals surface area contributed by atoms with Gasteiger partial charge in [-0.1, -0.05) is 0 Å². The van der Waals surface area contributed by atoms with Gasteiger partial charge in [-0.25, -0.2) is 8.78 Å². The summed E-state index contributed by atoms with van der Waals surface area (Å²) in [5.74, 6) is -1.52. The zero-order valence-corrected chi connectivity index (χ0v) is 13.3. The van der Waals surface area contributed by atoms with Gasteiger partial charge in [-0.15, -0.1) is 0 Å². The first-order chi connectivity index (χ1) is 12.0. The van der Waals surface area contributed by atoms with Gasteiger partial charge in [0.1, 0.15) is 18.2 Å². The fourth-order valence-electron chi connectivity index (χ4n) is 2.15. The first-order valence-corrected chi connectivity index (χ1v) is 7.44. The van der Waals surface area contributed by atoms with Crippen molar-refractivity contribution in [2.75, 3.05) is 0 Å². The molecular weight excluding hydrogens is 332 g/mol. The van der Waals surface area contributed by atoms with Crippen LogP contribution >= 0.6 is 0 Å². The Kier molecular flexibility index (Phi) is 4.78. The summed E-state index contributed by atoms with van der Waals surface area (Å²) >= 11 is 0. The van der Waals surface area contributed by atoms with Gasteiger partial charge in [0, 0.05) is 19.3 Å². The average Bonchev–Trinajstić information content (AvgIpc) is 3.21. The fourth-order valence-corrected chi connectivity index (χ4v) is 2.15. The molecule has 6 nitrogen and oxygen atoms in total. The second-order valence-electron chi connectivity index (χ2n) is 5.26. The molecule has 1 amide bonds.